The molecule has 1 fully saturated rings. The number of methoxy groups -OCH3 is 1. The maximum absolute atomic E-state index is 13.2. The lowest BCUT2D eigenvalue weighted by Crippen LogP contribution is -2.60. The number of imide groups is 1. The number of hydrogen-bond acceptors (Lipinski definition) is 7. The van der Waals surface area contributed by atoms with Crippen LogP contribution >= 0.6 is 0 Å². The minimum Gasteiger partial charge on any atom is -0.497 e. The number of carbonyl (C=O) groups excluding carboxylic acids is 3. The van der Waals surface area contributed by atoms with Crippen LogP contribution in [0.4, 0.5) is 4.79 Å². The molecule has 0 spiro atoms. The SMILES string of the molecule is COc1ccc2c(c1)C(=O)N([C@@]1(C#CC3=CNC4=NC=NC4C3C)NC(=O)NC1=O)C2. The molecule has 3 atom stereocenters. The third-order valence-electron chi connectivity index (χ3n) is 5.81. The molecule has 5 rings (SSSR count). The number of ether oxygens (including phenoxy) is 1. The average Bonchev–Trinajstić information content (AvgIpc) is 3.44. The van der Waals surface area contributed by atoms with Gasteiger partial charge in [0.1, 0.15) is 24.0 Å². The van der Waals surface area contributed by atoms with Crippen molar-refractivity contribution in [3.05, 3.63) is 41.1 Å². The number of rotatable bonds is 2. The molecule has 4 amide bonds. The van der Waals surface area contributed by atoms with E-state index in [1.54, 1.807) is 24.4 Å². The number of carbonyl (C=O) groups is 3. The highest BCUT2D eigenvalue weighted by molar-refractivity contribution is 6.12. The van der Waals surface area contributed by atoms with Gasteiger partial charge < -0.3 is 10.1 Å². The molecule has 31 heavy (non-hydrogen) atoms. The van der Waals surface area contributed by atoms with Crippen molar-refractivity contribution < 1.29 is 19.1 Å². The van der Waals surface area contributed by atoms with E-state index in [0.717, 1.165) is 5.84 Å². The molecule has 0 aliphatic carbocycles. The summed E-state index contributed by atoms with van der Waals surface area (Å²) in [5, 5.41) is 7.81. The molecule has 1 aromatic carbocycles. The first kappa shape index (κ1) is 18.9. The van der Waals surface area contributed by atoms with Crippen LogP contribution in [0.2, 0.25) is 0 Å². The van der Waals surface area contributed by atoms with Crippen molar-refractivity contribution in [3.63, 3.8) is 0 Å². The highest BCUT2D eigenvalue weighted by Gasteiger charge is 2.54. The molecule has 4 heterocycles. The van der Waals surface area contributed by atoms with Crippen molar-refractivity contribution in [1.82, 2.24) is 20.9 Å². The standard InChI is InChI=1S/C21H18N6O4/c1-11-12(8-22-17-16(11)23-10-24-17)5-6-21(19(29)25-20(30)26-21)27-9-13-3-4-14(31-2)7-15(13)18(27)28/h3-4,7-8,10-11,16H,9H2,1-2H3,(H,22,23,24)(H2,25,26,29,30)/t11?,16?,21-/m1/s1. The van der Waals surface area contributed by atoms with Gasteiger partial charge in [-0.15, -0.1) is 0 Å². The van der Waals surface area contributed by atoms with Crippen LogP contribution in [0.5, 0.6) is 5.75 Å². The van der Waals surface area contributed by atoms with E-state index in [0.29, 0.717) is 22.4 Å². The van der Waals surface area contributed by atoms with Gasteiger partial charge in [0.25, 0.3) is 17.5 Å². The molecule has 156 valence electrons. The Kier molecular flexibility index (Phi) is 4.08. The predicted octanol–water partition coefficient (Wildman–Crippen LogP) is 0.122. The molecule has 10 heteroatoms. The van der Waals surface area contributed by atoms with Gasteiger partial charge in [0.15, 0.2) is 0 Å². The number of benzene rings is 1. The van der Waals surface area contributed by atoms with Gasteiger partial charge in [0.2, 0.25) is 0 Å². The van der Waals surface area contributed by atoms with Crippen LogP contribution in [0.15, 0.2) is 40.0 Å². The molecule has 0 aromatic heterocycles. The van der Waals surface area contributed by atoms with Crippen molar-refractivity contribution in [1.29, 1.82) is 0 Å². The Morgan fingerprint density at radius 3 is 2.87 bits per heavy atom. The lowest BCUT2D eigenvalue weighted by molar-refractivity contribution is -0.126. The number of fused-ring (bicyclic) bond motifs is 2. The van der Waals surface area contributed by atoms with Crippen molar-refractivity contribution in [2.75, 3.05) is 7.11 Å². The first-order chi connectivity index (χ1) is 14.9. The van der Waals surface area contributed by atoms with E-state index in [1.165, 1.54) is 18.3 Å². The second-order valence-electron chi connectivity index (χ2n) is 7.54. The Morgan fingerprint density at radius 1 is 1.29 bits per heavy atom. The molecule has 1 saturated heterocycles. The van der Waals surface area contributed by atoms with Gasteiger partial charge in [-0.3, -0.25) is 30.1 Å². The normalized spacial score (nSPS) is 27.9. The molecule has 0 saturated carbocycles. The molecule has 1 aromatic rings. The fraction of sp³-hybridized carbons (Fsp3) is 0.286. The summed E-state index contributed by atoms with van der Waals surface area (Å²) in [6.07, 6.45) is 3.20. The van der Waals surface area contributed by atoms with E-state index in [4.69, 9.17) is 4.74 Å². The number of urea groups is 1. The molecule has 0 bridgehead atoms. The fourth-order valence-corrected chi connectivity index (χ4v) is 4.04. The van der Waals surface area contributed by atoms with E-state index in [1.807, 2.05) is 6.92 Å². The highest BCUT2D eigenvalue weighted by atomic mass is 16.5. The van der Waals surface area contributed by atoms with Crippen LogP contribution in [-0.4, -0.2) is 53.7 Å². The highest BCUT2D eigenvalue weighted by Crippen LogP contribution is 2.32. The molecule has 0 radical (unpaired) electrons. The minimum absolute atomic E-state index is 0.0841. The Labute approximate surface area is 177 Å². The van der Waals surface area contributed by atoms with Crippen LogP contribution in [0, 0.1) is 17.8 Å². The smallest absolute Gasteiger partial charge is 0.324 e. The first-order valence-corrected chi connectivity index (χ1v) is 9.64. The molecule has 4 aliphatic rings. The van der Waals surface area contributed by atoms with E-state index in [2.05, 4.69) is 37.8 Å². The van der Waals surface area contributed by atoms with E-state index >= 15 is 0 Å². The largest absolute Gasteiger partial charge is 0.497 e. The fourth-order valence-electron chi connectivity index (χ4n) is 4.04. The summed E-state index contributed by atoms with van der Waals surface area (Å²) in [6, 6.07) is 4.23. The zero-order valence-corrected chi connectivity index (χ0v) is 16.7. The van der Waals surface area contributed by atoms with Gasteiger partial charge in [-0.2, -0.15) is 0 Å². The van der Waals surface area contributed by atoms with Gasteiger partial charge in [0, 0.05) is 23.3 Å². The van der Waals surface area contributed by atoms with Gasteiger partial charge >= 0.3 is 6.03 Å². The number of amidine groups is 1. The summed E-state index contributed by atoms with van der Waals surface area (Å²) >= 11 is 0. The summed E-state index contributed by atoms with van der Waals surface area (Å²) in [5.41, 5.74) is -0.0208. The number of amides is 4. The lowest BCUT2D eigenvalue weighted by atomic mass is 9.90. The maximum Gasteiger partial charge on any atom is 0.324 e. The zero-order chi connectivity index (χ0) is 21.8. The summed E-state index contributed by atoms with van der Waals surface area (Å²) in [5.74, 6) is 5.92. The quantitative estimate of drug-likeness (QED) is 0.465. The summed E-state index contributed by atoms with van der Waals surface area (Å²) < 4.78 is 5.20. The van der Waals surface area contributed by atoms with Crippen molar-refractivity contribution in [2.45, 2.75) is 25.2 Å². The van der Waals surface area contributed by atoms with E-state index in [9.17, 15) is 14.4 Å². The molecule has 4 aliphatic heterocycles. The van der Waals surface area contributed by atoms with Crippen LogP contribution in [0.1, 0.15) is 22.8 Å². The second-order valence-corrected chi connectivity index (χ2v) is 7.54. The monoisotopic (exact) mass is 418 g/mol. The minimum atomic E-state index is -1.83. The lowest BCUT2D eigenvalue weighted by Gasteiger charge is -2.31. The van der Waals surface area contributed by atoms with Gasteiger partial charge in [-0.25, -0.2) is 9.79 Å². The molecular weight excluding hydrogens is 400 g/mol. The van der Waals surface area contributed by atoms with E-state index in [-0.39, 0.29) is 18.5 Å². The molecule has 10 nitrogen and oxygen atoms in total. The number of aliphatic imine (C=N–C) groups is 2. The van der Waals surface area contributed by atoms with Crippen molar-refractivity contribution >= 4 is 30.0 Å². The average molecular weight is 418 g/mol. The molecule has 3 N–H and O–H groups in total. The Morgan fingerprint density at radius 2 is 2.13 bits per heavy atom. The van der Waals surface area contributed by atoms with Crippen LogP contribution in [0.25, 0.3) is 0 Å². The third kappa shape index (κ3) is 2.78. The van der Waals surface area contributed by atoms with Gasteiger partial charge in [-0.05, 0) is 23.6 Å². The number of nitrogens with zero attached hydrogens (tertiary/aromatic N) is 3. The van der Waals surface area contributed by atoms with E-state index < -0.39 is 23.5 Å². The van der Waals surface area contributed by atoms with Crippen molar-refractivity contribution in [2.24, 2.45) is 15.9 Å². The van der Waals surface area contributed by atoms with Gasteiger partial charge in [0.05, 0.1) is 13.7 Å². The van der Waals surface area contributed by atoms with Crippen LogP contribution in [0.3, 0.4) is 0 Å². The summed E-state index contributed by atoms with van der Waals surface area (Å²) in [7, 11) is 1.51. The van der Waals surface area contributed by atoms with Crippen molar-refractivity contribution in [3.8, 4) is 17.6 Å². The zero-order valence-electron chi connectivity index (χ0n) is 16.7. The summed E-state index contributed by atoms with van der Waals surface area (Å²) in [4.78, 5) is 47.8. The Balaban J connectivity index is 1.53. The number of hydrogen-bond donors (Lipinski definition) is 3. The molecular formula is C21H18N6O4. The summed E-state index contributed by atoms with van der Waals surface area (Å²) in [6.45, 7) is 2.07. The topological polar surface area (TPSA) is 124 Å². The second kappa shape index (κ2) is 6.70. The van der Waals surface area contributed by atoms with Crippen LogP contribution < -0.4 is 20.7 Å². The Hall–Kier alpha value is -4.13. The number of nitrogens with one attached hydrogen (secondary N) is 3. The maximum atomic E-state index is 13.2. The molecule has 2 unspecified atom stereocenters. The first-order valence-electron chi connectivity index (χ1n) is 9.64. The Bertz CT molecular complexity index is 1190. The van der Waals surface area contributed by atoms with Crippen LogP contribution in [-0.2, 0) is 11.3 Å². The van der Waals surface area contributed by atoms with Gasteiger partial charge in [-0.1, -0.05) is 18.9 Å². The predicted molar refractivity (Wildman–Crippen MR) is 110 cm³/mol. The third-order valence-corrected chi connectivity index (χ3v) is 5.81.